The van der Waals surface area contributed by atoms with E-state index in [0.29, 0.717) is 12.0 Å². The van der Waals surface area contributed by atoms with E-state index in [1.807, 2.05) is 7.11 Å². The molecule has 2 aliphatic carbocycles. The van der Waals surface area contributed by atoms with Crippen molar-refractivity contribution in [2.75, 3.05) is 13.7 Å². The van der Waals surface area contributed by atoms with Gasteiger partial charge in [0.05, 0.1) is 7.11 Å². The summed E-state index contributed by atoms with van der Waals surface area (Å²) in [6.07, 6.45) is 7.88. The summed E-state index contributed by atoms with van der Waals surface area (Å²) in [6, 6.07) is 7.22. The highest BCUT2D eigenvalue weighted by atomic mass is 35.5. The molecule has 0 aromatic heterocycles. The summed E-state index contributed by atoms with van der Waals surface area (Å²) in [6.45, 7) is 3.39. The Morgan fingerprint density at radius 2 is 2.05 bits per heavy atom. The van der Waals surface area contributed by atoms with Crippen molar-refractivity contribution in [2.24, 2.45) is 5.92 Å². The van der Waals surface area contributed by atoms with Gasteiger partial charge in [-0.15, -0.1) is 12.4 Å². The average molecular weight is 310 g/mol. The van der Waals surface area contributed by atoms with Crippen LogP contribution in [-0.4, -0.2) is 19.7 Å². The van der Waals surface area contributed by atoms with Gasteiger partial charge in [0.2, 0.25) is 0 Å². The number of ether oxygens (including phenoxy) is 1. The highest BCUT2D eigenvalue weighted by molar-refractivity contribution is 5.85. The van der Waals surface area contributed by atoms with Crippen LogP contribution < -0.4 is 10.1 Å². The molecule has 118 valence electrons. The van der Waals surface area contributed by atoms with Gasteiger partial charge in [0, 0.05) is 17.5 Å². The van der Waals surface area contributed by atoms with Gasteiger partial charge in [-0.05, 0) is 49.8 Å². The Kier molecular flexibility index (Phi) is 5.95. The summed E-state index contributed by atoms with van der Waals surface area (Å²) in [5.74, 6) is 2.71. The number of fused-ring (bicyclic) bond motifs is 1. The maximum Gasteiger partial charge on any atom is 0.122 e. The predicted molar refractivity (Wildman–Crippen MR) is 90.7 cm³/mol. The molecule has 2 nitrogen and oxygen atoms in total. The van der Waals surface area contributed by atoms with Crippen molar-refractivity contribution in [3.63, 3.8) is 0 Å². The van der Waals surface area contributed by atoms with Crippen LogP contribution in [0.25, 0.3) is 0 Å². The Hall–Kier alpha value is -0.730. The van der Waals surface area contributed by atoms with Crippen molar-refractivity contribution < 1.29 is 4.74 Å². The smallest absolute Gasteiger partial charge is 0.122 e. The molecule has 2 atom stereocenters. The van der Waals surface area contributed by atoms with Gasteiger partial charge in [0.1, 0.15) is 5.75 Å². The molecule has 0 radical (unpaired) electrons. The lowest BCUT2D eigenvalue weighted by Gasteiger charge is -2.35. The number of halogens is 1. The second-order valence-corrected chi connectivity index (χ2v) is 6.42. The van der Waals surface area contributed by atoms with Crippen LogP contribution in [0.4, 0.5) is 0 Å². The van der Waals surface area contributed by atoms with Crippen LogP contribution in [0.2, 0.25) is 0 Å². The van der Waals surface area contributed by atoms with Gasteiger partial charge in [0.25, 0.3) is 0 Å². The zero-order valence-electron chi connectivity index (χ0n) is 13.2. The predicted octanol–water partition coefficient (Wildman–Crippen LogP) is 4.32. The standard InChI is InChI=1S/C18H27NO.ClH/c1-3-11-19-16-10-9-14-5-4-6-17(20-2)18(14)15(16)12-13-7-8-13;/h4-6,13,15-16,19H,3,7-12H2,1-2H3;1H/t15-,16+;/m0./s1. The normalized spacial score (nSPS) is 24.1. The fourth-order valence-corrected chi connectivity index (χ4v) is 3.69. The van der Waals surface area contributed by atoms with E-state index in [-0.39, 0.29) is 12.4 Å². The van der Waals surface area contributed by atoms with Gasteiger partial charge in [-0.1, -0.05) is 31.9 Å². The van der Waals surface area contributed by atoms with Crippen LogP contribution >= 0.6 is 12.4 Å². The van der Waals surface area contributed by atoms with Gasteiger partial charge in [-0.25, -0.2) is 0 Å². The monoisotopic (exact) mass is 309 g/mol. The minimum Gasteiger partial charge on any atom is -0.496 e. The van der Waals surface area contributed by atoms with Gasteiger partial charge in [-0.3, -0.25) is 0 Å². The Balaban J connectivity index is 0.00000161. The number of hydrogen-bond acceptors (Lipinski definition) is 2. The van der Waals surface area contributed by atoms with Gasteiger partial charge in [-0.2, -0.15) is 0 Å². The van der Waals surface area contributed by atoms with E-state index in [1.54, 1.807) is 0 Å². The lowest BCUT2D eigenvalue weighted by Crippen LogP contribution is -2.39. The maximum atomic E-state index is 5.67. The second kappa shape index (κ2) is 7.51. The summed E-state index contributed by atoms with van der Waals surface area (Å²) in [5.41, 5.74) is 3.02. The van der Waals surface area contributed by atoms with E-state index in [9.17, 15) is 0 Å². The van der Waals surface area contributed by atoms with Crippen LogP contribution in [0.5, 0.6) is 5.75 Å². The number of benzene rings is 1. The third kappa shape index (κ3) is 3.73. The Morgan fingerprint density at radius 1 is 1.24 bits per heavy atom. The molecule has 21 heavy (non-hydrogen) atoms. The number of aryl methyl sites for hydroxylation is 1. The molecular weight excluding hydrogens is 282 g/mol. The molecule has 0 bridgehead atoms. The third-order valence-corrected chi connectivity index (χ3v) is 4.90. The molecule has 1 aromatic rings. The first-order valence-electron chi connectivity index (χ1n) is 8.22. The number of methoxy groups -OCH3 is 1. The molecule has 1 aromatic carbocycles. The zero-order valence-corrected chi connectivity index (χ0v) is 14.0. The Bertz CT molecular complexity index is 444. The minimum atomic E-state index is 0. The number of hydrogen-bond donors (Lipinski definition) is 1. The maximum absolute atomic E-state index is 5.67. The first-order chi connectivity index (χ1) is 9.83. The van der Waals surface area contributed by atoms with E-state index in [1.165, 1.54) is 49.7 Å². The van der Waals surface area contributed by atoms with E-state index < -0.39 is 0 Å². The van der Waals surface area contributed by atoms with E-state index in [0.717, 1.165) is 18.2 Å². The molecule has 0 saturated heterocycles. The first kappa shape index (κ1) is 16.6. The summed E-state index contributed by atoms with van der Waals surface area (Å²) >= 11 is 0. The quantitative estimate of drug-likeness (QED) is 0.845. The average Bonchev–Trinajstić information content (AvgIpc) is 3.29. The zero-order chi connectivity index (χ0) is 13.9. The summed E-state index contributed by atoms with van der Waals surface area (Å²) in [5, 5.41) is 3.79. The fourth-order valence-electron chi connectivity index (χ4n) is 3.69. The van der Waals surface area contributed by atoms with E-state index >= 15 is 0 Å². The molecule has 1 saturated carbocycles. The van der Waals surface area contributed by atoms with Crippen LogP contribution in [0.15, 0.2) is 18.2 Å². The Labute approximate surface area is 135 Å². The topological polar surface area (TPSA) is 21.3 Å². The summed E-state index contributed by atoms with van der Waals surface area (Å²) < 4.78 is 5.67. The van der Waals surface area contributed by atoms with E-state index in [2.05, 4.69) is 30.4 Å². The fraction of sp³-hybridized carbons (Fsp3) is 0.667. The molecule has 3 heteroatoms. The molecule has 0 unspecified atom stereocenters. The molecule has 3 rings (SSSR count). The highest BCUT2D eigenvalue weighted by Gasteiger charge is 2.36. The minimum absolute atomic E-state index is 0. The van der Waals surface area contributed by atoms with Crippen LogP contribution in [0.3, 0.4) is 0 Å². The molecule has 0 aliphatic heterocycles. The number of rotatable bonds is 6. The molecule has 1 fully saturated rings. The van der Waals surface area contributed by atoms with Crippen LogP contribution in [-0.2, 0) is 6.42 Å². The summed E-state index contributed by atoms with van der Waals surface area (Å²) in [4.78, 5) is 0. The molecule has 0 spiro atoms. The lowest BCUT2D eigenvalue weighted by molar-refractivity contribution is 0.340. The van der Waals surface area contributed by atoms with Crippen molar-refractivity contribution >= 4 is 12.4 Å². The first-order valence-corrected chi connectivity index (χ1v) is 8.22. The SMILES string of the molecule is CCCN[C@@H]1CCc2cccc(OC)c2[C@H]1CC1CC1.Cl. The van der Waals surface area contributed by atoms with Crippen molar-refractivity contribution in [2.45, 2.75) is 57.4 Å². The van der Waals surface area contributed by atoms with E-state index in [4.69, 9.17) is 4.74 Å². The highest BCUT2D eigenvalue weighted by Crippen LogP contribution is 2.46. The summed E-state index contributed by atoms with van der Waals surface area (Å²) in [7, 11) is 1.81. The van der Waals surface area contributed by atoms with Crippen molar-refractivity contribution in [3.8, 4) is 5.75 Å². The van der Waals surface area contributed by atoms with Gasteiger partial charge >= 0.3 is 0 Å². The molecule has 1 N–H and O–H groups in total. The lowest BCUT2D eigenvalue weighted by atomic mass is 9.76. The van der Waals surface area contributed by atoms with Gasteiger partial charge < -0.3 is 10.1 Å². The molecule has 0 heterocycles. The number of nitrogens with one attached hydrogen (secondary N) is 1. The molecular formula is C18H28ClNO. The van der Waals surface area contributed by atoms with Crippen LogP contribution in [0.1, 0.15) is 56.1 Å². The second-order valence-electron chi connectivity index (χ2n) is 6.42. The Morgan fingerprint density at radius 3 is 2.71 bits per heavy atom. The third-order valence-electron chi connectivity index (χ3n) is 4.90. The van der Waals surface area contributed by atoms with Crippen molar-refractivity contribution in [1.29, 1.82) is 0 Å². The molecule has 0 amide bonds. The largest absolute Gasteiger partial charge is 0.496 e. The van der Waals surface area contributed by atoms with Crippen LogP contribution in [0, 0.1) is 5.92 Å². The van der Waals surface area contributed by atoms with Crippen molar-refractivity contribution in [1.82, 2.24) is 5.32 Å². The van der Waals surface area contributed by atoms with Gasteiger partial charge in [0.15, 0.2) is 0 Å². The van der Waals surface area contributed by atoms with Crippen molar-refractivity contribution in [3.05, 3.63) is 29.3 Å². The molecule has 2 aliphatic rings.